The molecule has 1 aromatic heterocycles. The van der Waals surface area contributed by atoms with Crippen molar-refractivity contribution in [2.24, 2.45) is 0 Å². The number of aliphatic hydroxyl groups is 4. The maximum atomic E-state index is 14.6. The van der Waals surface area contributed by atoms with Crippen molar-refractivity contribution in [3.05, 3.63) is 117 Å². The number of pyridine rings is 1. The number of anilines is 1. The van der Waals surface area contributed by atoms with Gasteiger partial charge < -0.3 is 56.8 Å². The zero-order valence-corrected chi connectivity index (χ0v) is 32.3. The zero-order chi connectivity index (χ0) is 38.2. The minimum Gasteiger partial charge on any atom is -1.00 e. The third-order valence-corrected chi connectivity index (χ3v) is 10.7. The highest BCUT2D eigenvalue weighted by atomic mass is 35.5. The molecule has 1 saturated heterocycles. The molecule has 1 fully saturated rings. The molecule has 4 aromatic rings. The maximum Gasteiger partial charge on any atom is 0.292 e. The van der Waals surface area contributed by atoms with Crippen molar-refractivity contribution in [1.82, 2.24) is 4.90 Å². The molecule has 0 spiro atoms. The summed E-state index contributed by atoms with van der Waals surface area (Å²) in [5.74, 6) is 0.607. The van der Waals surface area contributed by atoms with Crippen LogP contribution in [0.25, 0.3) is 0 Å². The second kappa shape index (κ2) is 16.8. The molecule has 4 N–H and O–H groups in total. The SMILES string of the molecule is CCN(Cc1ccc[n+](C2O[C@H](CO)[C@@H](O)[C@H](O)[C@H]2O)c1)C(=O)c1ccc(Cl)c(C2(C)C(=O)N(Cc3ccc(OC)cc3OC)c3ccc(Cl)cc32)c1.[Cl-]. The van der Waals surface area contributed by atoms with E-state index in [1.54, 1.807) is 104 Å². The summed E-state index contributed by atoms with van der Waals surface area (Å²) < 4.78 is 18.2. The van der Waals surface area contributed by atoms with Crippen molar-refractivity contribution < 1.29 is 61.2 Å². The van der Waals surface area contributed by atoms with Crippen LogP contribution < -0.4 is 31.3 Å². The van der Waals surface area contributed by atoms with Gasteiger partial charge in [0, 0.05) is 51.1 Å². The number of rotatable bonds is 11. The Morgan fingerprint density at radius 2 is 1.74 bits per heavy atom. The molecule has 2 aliphatic heterocycles. The molecule has 0 bridgehead atoms. The van der Waals surface area contributed by atoms with Crippen LogP contribution in [-0.2, 0) is 28.0 Å². The van der Waals surface area contributed by atoms with Crippen LogP contribution in [-0.4, -0.2) is 88.9 Å². The Balaban J connectivity index is 0.00000561. The molecule has 3 heterocycles. The number of amides is 2. The van der Waals surface area contributed by atoms with Crippen LogP contribution >= 0.6 is 23.2 Å². The fourth-order valence-electron chi connectivity index (χ4n) is 7.10. The summed E-state index contributed by atoms with van der Waals surface area (Å²) in [4.78, 5) is 32.1. The van der Waals surface area contributed by atoms with Gasteiger partial charge in [0.15, 0.2) is 18.5 Å². The van der Waals surface area contributed by atoms with Crippen molar-refractivity contribution in [3.63, 3.8) is 0 Å². The molecule has 0 saturated carbocycles. The van der Waals surface area contributed by atoms with Gasteiger partial charge in [-0.1, -0.05) is 23.2 Å². The second-order valence-corrected chi connectivity index (χ2v) is 14.1. The van der Waals surface area contributed by atoms with Crippen LogP contribution in [0, 0.1) is 0 Å². The van der Waals surface area contributed by atoms with Crippen molar-refractivity contribution in [3.8, 4) is 11.5 Å². The number of methoxy groups -OCH3 is 2. The van der Waals surface area contributed by atoms with Crippen molar-refractivity contribution >= 4 is 40.7 Å². The van der Waals surface area contributed by atoms with E-state index in [9.17, 15) is 30.0 Å². The van der Waals surface area contributed by atoms with Crippen LogP contribution in [0.3, 0.4) is 0 Å². The first-order valence-corrected chi connectivity index (χ1v) is 17.8. The van der Waals surface area contributed by atoms with E-state index in [1.807, 2.05) is 13.0 Å². The van der Waals surface area contributed by atoms with Crippen molar-refractivity contribution in [2.45, 2.75) is 63.0 Å². The second-order valence-electron chi connectivity index (χ2n) is 13.2. The zero-order valence-electron chi connectivity index (χ0n) is 30.0. The number of benzene rings is 3. The summed E-state index contributed by atoms with van der Waals surface area (Å²) in [6.45, 7) is 3.76. The lowest BCUT2D eigenvalue weighted by Gasteiger charge is -2.36. The molecular formula is C39H42Cl3N3O9. The lowest BCUT2D eigenvalue weighted by molar-refractivity contribution is -0.778. The quantitative estimate of drug-likeness (QED) is 0.162. The summed E-state index contributed by atoms with van der Waals surface area (Å²) in [6, 6.07) is 19.1. The van der Waals surface area contributed by atoms with Gasteiger partial charge in [-0.05, 0) is 79.6 Å². The number of halogens is 3. The third kappa shape index (κ3) is 7.49. The minimum absolute atomic E-state index is 0. The Labute approximate surface area is 329 Å². The summed E-state index contributed by atoms with van der Waals surface area (Å²) in [5, 5.41) is 41.6. The average molecular weight is 803 g/mol. The smallest absolute Gasteiger partial charge is 0.292 e. The molecule has 3 aromatic carbocycles. The Morgan fingerprint density at radius 3 is 2.43 bits per heavy atom. The summed E-state index contributed by atoms with van der Waals surface area (Å²) in [6.07, 6.45) is -3.38. The highest BCUT2D eigenvalue weighted by molar-refractivity contribution is 6.33. The predicted octanol–water partition coefficient (Wildman–Crippen LogP) is 0.790. The van der Waals surface area contributed by atoms with E-state index in [2.05, 4.69) is 0 Å². The van der Waals surface area contributed by atoms with Crippen LogP contribution in [0.15, 0.2) is 79.1 Å². The van der Waals surface area contributed by atoms with Crippen LogP contribution in [0.5, 0.6) is 11.5 Å². The van der Waals surface area contributed by atoms with Gasteiger partial charge >= 0.3 is 0 Å². The standard InChI is InChI=1S/C39H42Cl2N3O9.ClH/c1-5-42(18-22-7-6-14-43(19-22)37-35(48)34(47)33(46)32(21-45)53-37)36(49)23-9-12-29(41)27(15-23)39(2)28-16-25(40)10-13-30(28)44(38(39)50)20-24-8-11-26(51-3)17-31(24)52-4;/h6-17,19,32-35,37,45-48H,5,18,20-21H2,1-4H3;1H/q+1;/p-1/t32-,33-,34+,35-,37?,39?;/m1./s1. The van der Waals surface area contributed by atoms with Crippen LogP contribution in [0.2, 0.25) is 10.0 Å². The topological polar surface area (TPSA) is 153 Å². The van der Waals surface area contributed by atoms with E-state index >= 15 is 0 Å². The van der Waals surface area contributed by atoms with E-state index in [1.165, 1.54) is 4.57 Å². The molecule has 6 atom stereocenters. The van der Waals surface area contributed by atoms with Gasteiger partial charge in [-0.2, -0.15) is 4.57 Å². The third-order valence-electron chi connectivity index (χ3n) is 10.1. The van der Waals surface area contributed by atoms with E-state index in [0.29, 0.717) is 56.0 Å². The first-order valence-electron chi connectivity index (χ1n) is 17.1. The van der Waals surface area contributed by atoms with Gasteiger partial charge in [-0.25, -0.2) is 0 Å². The molecule has 0 aliphatic carbocycles. The number of hydrogen-bond acceptors (Lipinski definition) is 9. The number of ether oxygens (including phenoxy) is 3. The van der Waals surface area contributed by atoms with Crippen LogP contribution in [0.4, 0.5) is 5.69 Å². The highest BCUT2D eigenvalue weighted by Gasteiger charge is 2.50. The summed E-state index contributed by atoms with van der Waals surface area (Å²) in [5.41, 5.74) is 2.19. The number of carbonyl (C=O) groups excluding carboxylic acids is 2. The number of aliphatic hydroxyl groups excluding tert-OH is 4. The molecule has 288 valence electrons. The number of fused-ring (bicyclic) bond motifs is 1. The van der Waals surface area contributed by atoms with E-state index in [0.717, 1.165) is 5.56 Å². The molecule has 2 aliphatic rings. The Hall–Kier alpha value is -3.98. The van der Waals surface area contributed by atoms with Gasteiger partial charge in [0.05, 0.1) is 33.9 Å². The van der Waals surface area contributed by atoms with E-state index in [4.69, 9.17) is 37.4 Å². The number of hydrogen-bond donors (Lipinski definition) is 4. The van der Waals surface area contributed by atoms with Gasteiger partial charge in [-0.3, -0.25) is 9.59 Å². The Bertz CT molecular complexity index is 2020. The molecular weight excluding hydrogens is 761 g/mol. The minimum atomic E-state index is -1.54. The Kier molecular flexibility index (Phi) is 12.8. The summed E-state index contributed by atoms with van der Waals surface area (Å²) in [7, 11) is 3.12. The fraction of sp³-hybridized carbons (Fsp3) is 0.359. The largest absolute Gasteiger partial charge is 1.00 e. The maximum absolute atomic E-state index is 14.6. The van der Waals surface area contributed by atoms with Crippen LogP contribution in [0.1, 0.15) is 52.7 Å². The van der Waals surface area contributed by atoms with Gasteiger partial charge in [-0.15, -0.1) is 0 Å². The molecule has 15 heteroatoms. The monoisotopic (exact) mass is 801 g/mol. The Morgan fingerprint density at radius 1 is 0.981 bits per heavy atom. The first-order chi connectivity index (χ1) is 25.4. The van der Waals surface area contributed by atoms with E-state index in [-0.39, 0.29) is 37.3 Å². The number of aromatic nitrogens is 1. The molecule has 2 unspecified atom stereocenters. The normalized spacial score (nSPS) is 23.4. The first kappa shape index (κ1) is 41.2. The molecule has 2 amide bonds. The van der Waals surface area contributed by atoms with Gasteiger partial charge in [0.25, 0.3) is 12.1 Å². The van der Waals surface area contributed by atoms with Gasteiger partial charge in [0.1, 0.15) is 35.2 Å². The van der Waals surface area contributed by atoms with Crippen molar-refractivity contribution in [1.29, 1.82) is 0 Å². The van der Waals surface area contributed by atoms with Gasteiger partial charge in [0.2, 0.25) is 5.91 Å². The molecule has 0 radical (unpaired) electrons. The molecule has 6 rings (SSSR count). The predicted molar refractivity (Wildman–Crippen MR) is 196 cm³/mol. The fourth-order valence-corrected chi connectivity index (χ4v) is 7.58. The molecule has 54 heavy (non-hydrogen) atoms. The average Bonchev–Trinajstić information content (AvgIpc) is 3.37. The summed E-state index contributed by atoms with van der Waals surface area (Å²) >= 11 is 13.4. The lowest BCUT2D eigenvalue weighted by Crippen LogP contribution is -3.00. The number of carbonyl (C=O) groups is 2. The van der Waals surface area contributed by atoms with E-state index < -0.39 is 42.7 Å². The highest BCUT2D eigenvalue weighted by Crippen LogP contribution is 2.50. The molecule has 12 nitrogen and oxygen atoms in total. The number of nitrogens with zero attached hydrogens (tertiary/aromatic N) is 3. The van der Waals surface area contributed by atoms with Crippen molar-refractivity contribution in [2.75, 3.05) is 32.3 Å². The lowest BCUT2D eigenvalue weighted by atomic mass is 9.76.